The minimum atomic E-state index is -0.925. The summed E-state index contributed by atoms with van der Waals surface area (Å²) in [5.41, 5.74) is 2.32. The number of piperidine rings is 1. The van der Waals surface area contributed by atoms with Gasteiger partial charge in [-0.15, -0.1) is 0 Å². The van der Waals surface area contributed by atoms with E-state index in [0.717, 1.165) is 30.6 Å². The van der Waals surface area contributed by atoms with Crippen LogP contribution in [0.15, 0.2) is 54.6 Å². The van der Waals surface area contributed by atoms with E-state index in [1.807, 2.05) is 56.3 Å². The van der Waals surface area contributed by atoms with Gasteiger partial charge in [0.15, 0.2) is 0 Å². The van der Waals surface area contributed by atoms with Gasteiger partial charge in [0.05, 0.1) is 20.3 Å². The fourth-order valence-electron chi connectivity index (χ4n) is 4.71. The van der Waals surface area contributed by atoms with E-state index in [-0.39, 0.29) is 57.0 Å². The van der Waals surface area contributed by atoms with Gasteiger partial charge in [0.1, 0.15) is 11.8 Å². The van der Waals surface area contributed by atoms with Crippen LogP contribution in [-0.2, 0) is 30.5 Å². The molecule has 2 aromatic carbocycles. The maximum atomic E-state index is 12.9. The molecule has 4 N–H and O–H groups in total. The van der Waals surface area contributed by atoms with E-state index in [1.54, 1.807) is 12.0 Å². The van der Waals surface area contributed by atoms with Crippen molar-refractivity contribution in [3.63, 3.8) is 0 Å². The lowest BCUT2D eigenvalue weighted by Crippen LogP contribution is -2.49. The van der Waals surface area contributed by atoms with Crippen LogP contribution in [0.5, 0.6) is 5.75 Å². The van der Waals surface area contributed by atoms with E-state index in [4.69, 9.17) is 4.74 Å². The molecule has 1 aliphatic heterocycles. The van der Waals surface area contributed by atoms with Crippen molar-refractivity contribution in [3.8, 4) is 5.75 Å². The molecule has 11 nitrogen and oxygen atoms in total. The van der Waals surface area contributed by atoms with Crippen molar-refractivity contribution in [2.45, 2.75) is 90.8 Å². The Kier molecular flexibility index (Phi) is 22.0. The average Bonchev–Trinajstić information content (AvgIpc) is 3.10. The lowest BCUT2D eigenvalue weighted by molar-refractivity contribution is -0.141. The number of methoxy groups -OCH3 is 2. The fraction of sp³-hybridized carbons (Fsp3) is 0.556. The molecule has 1 fully saturated rings. The third kappa shape index (κ3) is 18.7. The molecule has 2 atom stereocenters. The summed E-state index contributed by atoms with van der Waals surface area (Å²) in [4.78, 5) is 51.0. The van der Waals surface area contributed by atoms with Gasteiger partial charge in [0.25, 0.3) is 0 Å². The first-order chi connectivity index (χ1) is 22.7. The van der Waals surface area contributed by atoms with E-state index in [1.165, 1.54) is 12.7 Å². The Labute approximate surface area is 280 Å². The predicted molar refractivity (Wildman–Crippen MR) is 184 cm³/mol. The molecule has 3 amide bonds. The summed E-state index contributed by atoms with van der Waals surface area (Å²) < 4.78 is 9.78. The van der Waals surface area contributed by atoms with Crippen LogP contribution in [-0.4, -0.2) is 86.2 Å². The number of nitrogens with one attached hydrogen (secondary N) is 3. The van der Waals surface area contributed by atoms with E-state index < -0.39 is 24.0 Å². The first kappa shape index (κ1) is 41.1. The molecule has 1 aliphatic rings. The molecular formula is C36H56N4O7. The molecule has 2 unspecified atom stereocenters. The average molecular weight is 657 g/mol. The van der Waals surface area contributed by atoms with Crippen molar-refractivity contribution in [2.75, 3.05) is 40.4 Å². The second-order valence-corrected chi connectivity index (χ2v) is 11.1. The molecule has 262 valence electrons. The molecule has 0 aliphatic carbocycles. The molecule has 0 aromatic heterocycles. The zero-order valence-electron chi connectivity index (χ0n) is 28.9. The maximum Gasteiger partial charge on any atom is 0.305 e. The van der Waals surface area contributed by atoms with Gasteiger partial charge < -0.3 is 35.4 Å². The zero-order valence-corrected chi connectivity index (χ0v) is 28.9. The molecule has 0 spiro atoms. The third-order valence-corrected chi connectivity index (χ3v) is 7.32. The number of nitrogens with zero attached hydrogens (tertiary/aromatic N) is 1. The molecule has 0 saturated carbocycles. The largest absolute Gasteiger partial charge is 0.497 e. The van der Waals surface area contributed by atoms with Crippen molar-refractivity contribution in [1.82, 2.24) is 20.9 Å². The SMILES string of the molecule is CC.COC(=O)CCCC(=O)NC(CCC(=O)N1CCCCC1)C(=O)NCC(O)CNCc1cccc(OC)c1.Cc1ccccc1. The number of esters is 1. The van der Waals surface area contributed by atoms with E-state index in [9.17, 15) is 24.3 Å². The summed E-state index contributed by atoms with van der Waals surface area (Å²) in [6.45, 7) is 8.26. The normalized spacial score (nSPS) is 13.4. The summed E-state index contributed by atoms with van der Waals surface area (Å²) in [5.74, 6) is -0.559. The highest BCUT2D eigenvalue weighted by atomic mass is 16.5. The van der Waals surface area contributed by atoms with Crippen molar-refractivity contribution >= 4 is 23.7 Å². The van der Waals surface area contributed by atoms with Gasteiger partial charge in [-0.05, 0) is 56.7 Å². The number of ether oxygens (including phenoxy) is 2. The Bertz CT molecular complexity index is 1170. The Hall–Kier alpha value is -3.96. The summed E-state index contributed by atoms with van der Waals surface area (Å²) >= 11 is 0. The first-order valence-electron chi connectivity index (χ1n) is 16.7. The minimum Gasteiger partial charge on any atom is -0.497 e. The predicted octanol–water partition coefficient (Wildman–Crippen LogP) is 3.90. The van der Waals surface area contributed by atoms with E-state index >= 15 is 0 Å². The van der Waals surface area contributed by atoms with Gasteiger partial charge >= 0.3 is 5.97 Å². The number of aryl methyl sites for hydroxylation is 1. The summed E-state index contributed by atoms with van der Waals surface area (Å²) in [6, 6.07) is 16.9. The van der Waals surface area contributed by atoms with Gasteiger partial charge in [0, 0.05) is 52.0 Å². The number of aliphatic hydroxyl groups excluding tert-OH is 1. The number of carbonyl (C=O) groups excluding carboxylic acids is 4. The number of likely N-dealkylation sites (tertiary alicyclic amines) is 1. The minimum absolute atomic E-state index is 0.0152. The van der Waals surface area contributed by atoms with Crippen LogP contribution in [0.3, 0.4) is 0 Å². The van der Waals surface area contributed by atoms with Gasteiger partial charge in [-0.25, -0.2) is 0 Å². The van der Waals surface area contributed by atoms with Crippen molar-refractivity contribution in [2.24, 2.45) is 0 Å². The second kappa shape index (κ2) is 25.2. The quantitative estimate of drug-likeness (QED) is 0.199. The maximum absolute atomic E-state index is 12.9. The van der Waals surface area contributed by atoms with Crippen LogP contribution in [0.4, 0.5) is 0 Å². The molecule has 1 heterocycles. The van der Waals surface area contributed by atoms with E-state index in [0.29, 0.717) is 19.6 Å². The smallest absolute Gasteiger partial charge is 0.305 e. The fourth-order valence-corrected chi connectivity index (χ4v) is 4.71. The molecule has 0 bridgehead atoms. The van der Waals surface area contributed by atoms with Crippen LogP contribution in [0, 0.1) is 6.92 Å². The summed E-state index contributed by atoms with van der Waals surface area (Å²) in [5, 5.41) is 18.8. The lowest BCUT2D eigenvalue weighted by Gasteiger charge is -2.27. The number of carbonyl (C=O) groups is 4. The zero-order chi connectivity index (χ0) is 34.9. The number of aliphatic hydroxyl groups is 1. The van der Waals surface area contributed by atoms with Crippen LogP contribution in [0.25, 0.3) is 0 Å². The number of hydrogen-bond acceptors (Lipinski definition) is 8. The standard InChI is InChI=1S/C27H42N4O7.C7H8.C2H6/c1-37-22-9-6-8-20(16-22)17-28-18-21(32)19-29-27(36)23(30-24(33)10-7-11-26(35)38-2)12-13-25(34)31-14-4-3-5-15-31;1-7-5-3-2-4-6-7;1-2/h6,8-9,16,21,23,28,32H,3-5,7,10-15,17-19H2,1-2H3,(H,29,36)(H,30,33);2-6H,1H3;1-2H3. The van der Waals surface area contributed by atoms with Crippen molar-refractivity contribution in [1.29, 1.82) is 0 Å². The molecule has 2 aromatic rings. The van der Waals surface area contributed by atoms with Crippen molar-refractivity contribution in [3.05, 3.63) is 65.7 Å². The topological polar surface area (TPSA) is 146 Å². The summed E-state index contributed by atoms with van der Waals surface area (Å²) in [7, 11) is 2.88. The Morgan fingerprint density at radius 2 is 1.60 bits per heavy atom. The number of amides is 3. The number of hydrogen-bond donors (Lipinski definition) is 4. The van der Waals surface area contributed by atoms with Crippen LogP contribution in [0.2, 0.25) is 0 Å². The first-order valence-corrected chi connectivity index (χ1v) is 16.7. The Balaban J connectivity index is 0.00000106. The molecule has 11 heteroatoms. The Morgan fingerprint density at radius 3 is 2.21 bits per heavy atom. The van der Waals surface area contributed by atoms with Gasteiger partial charge in [-0.3, -0.25) is 19.2 Å². The molecule has 47 heavy (non-hydrogen) atoms. The molecule has 0 radical (unpaired) electrons. The van der Waals surface area contributed by atoms with Crippen LogP contribution in [0.1, 0.15) is 76.3 Å². The van der Waals surface area contributed by atoms with Gasteiger partial charge in [-0.2, -0.15) is 0 Å². The highest BCUT2D eigenvalue weighted by molar-refractivity contribution is 5.88. The van der Waals surface area contributed by atoms with Gasteiger partial charge in [0.2, 0.25) is 17.7 Å². The molecule has 3 rings (SSSR count). The van der Waals surface area contributed by atoms with Crippen LogP contribution < -0.4 is 20.7 Å². The van der Waals surface area contributed by atoms with Crippen LogP contribution >= 0.6 is 0 Å². The van der Waals surface area contributed by atoms with Crippen molar-refractivity contribution < 1.29 is 33.8 Å². The lowest BCUT2D eigenvalue weighted by atomic mass is 10.1. The third-order valence-electron chi connectivity index (χ3n) is 7.32. The Morgan fingerprint density at radius 1 is 0.894 bits per heavy atom. The highest BCUT2D eigenvalue weighted by Crippen LogP contribution is 2.13. The second-order valence-electron chi connectivity index (χ2n) is 11.1. The highest BCUT2D eigenvalue weighted by Gasteiger charge is 2.24. The molecular weight excluding hydrogens is 600 g/mol. The van der Waals surface area contributed by atoms with Gasteiger partial charge in [-0.1, -0.05) is 61.9 Å². The number of benzene rings is 2. The van der Waals surface area contributed by atoms with E-state index in [2.05, 4.69) is 39.7 Å². The monoisotopic (exact) mass is 656 g/mol. The number of rotatable bonds is 16. The summed E-state index contributed by atoms with van der Waals surface area (Å²) in [6.07, 6.45) is 2.91. The molecule has 1 saturated heterocycles.